The number of likely N-dealkylation sites (N-methyl/N-ethyl adjacent to an activating group) is 1. The van der Waals surface area contributed by atoms with E-state index >= 15 is 0 Å². The number of benzene rings is 1. The molecule has 0 spiro atoms. The molecule has 0 aliphatic rings. The fourth-order valence-corrected chi connectivity index (χ4v) is 1.26. The lowest BCUT2D eigenvalue weighted by Gasteiger charge is -2.08. The largest absolute Gasteiger partial charge is 0.484 e. The SMILES string of the molecule is CCNC(=O)COc1ccc([C@@H](C)N)cc1. The van der Waals surface area contributed by atoms with Crippen LogP contribution < -0.4 is 15.8 Å². The maximum atomic E-state index is 11.1. The van der Waals surface area contributed by atoms with Gasteiger partial charge in [-0.1, -0.05) is 12.1 Å². The molecule has 0 heterocycles. The number of carbonyl (C=O) groups excluding carboxylic acids is 1. The van der Waals surface area contributed by atoms with Crippen LogP contribution in [-0.2, 0) is 4.79 Å². The van der Waals surface area contributed by atoms with Crippen LogP contribution in [0.25, 0.3) is 0 Å². The van der Waals surface area contributed by atoms with Crippen LogP contribution in [0.15, 0.2) is 24.3 Å². The van der Waals surface area contributed by atoms with E-state index in [1.807, 2.05) is 38.1 Å². The Bertz CT molecular complexity index is 333. The van der Waals surface area contributed by atoms with Crippen molar-refractivity contribution in [2.24, 2.45) is 5.73 Å². The van der Waals surface area contributed by atoms with Gasteiger partial charge in [-0.25, -0.2) is 0 Å². The van der Waals surface area contributed by atoms with Crippen LogP contribution in [0.3, 0.4) is 0 Å². The van der Waals surface area contributed by atoms with Crippen LogP contribution in [0.4, 0.5) is 0 Å². The number of ether oxygens (including phenoxy) is 1. The van der Waals surface area contributed by atoms with E-state index < -0.39 is 0 Å². The van der Waals surface area contributed by atoms with E-state index in [0.717, 1.165) is 5.56 Å². The van der Waals surface area contributed by atoms with Gasteiger partial charge in [0.15, 0.2) is 6.61 Å². The molecule has 0 radical (unpaired) electrons. The van der Waals surface area contributed by atoms with Crippen molar-refractivity contribution in [3.8, 4) is 5.75 Å². The van der Waals surface area contributed by atoms with Gasteiger partial charge in [0.05, 0.1) is 0 Å². The first-order valence-electron chi connectivity index (χ1n) is 5.38. The number of hydrogen-bond acceptors (Lipinski definition) is 3. The molecule has 0 aliphatic carbocycles. The van der Waals surface area contributed by atoms with Gasteiger partial charge in [0.1, 0.15) is 5.75 Å². The van der Waals surface area contributed by atoms with Gasteiger partial charge in [-0.15, -0.1) is 0 Å². The zero-order valence-corrected chi connectivity index (χ0v) is 9.69. The zero-order valence-electron chi connectivity index (χ0n) is 9.69. The lowest BCUT2D eigenvalue weighted by molar-refractivity contribution is -0.122. The van der Waals surface area contributed by atoms with Crippen molar-refractivity contribution in [3.63, 3.8) is 0 Å². The van der Waals surface area contributed by atoms with Crippen molar-refractivity contribution in [3.05, 3.63) is 29.8 Å². The Labute approximate surface area is 95.8 Å². The number of nitrogens with one attached hydrogen (secondary N) is 1. The van der Waals surface area contributed by atoms with Crippen molar-refractivity contribution in [1.82, 2.24) is 5.32 Å². The maximum absolute atomic E-state index is 11.1. The summed E-state index contributed by atoms with van der Waals surface area (Å²) in [4.78, 5) is 11.1. The van der Waals surface area contributed by atoms with E-state index in [4.69, 9.17) is 10.5 Å². The van der Waals surface area contributed by atoms with Gasteiger partial charge in [-0.2, -0.15) is 0 Å². The van der Waals surface area contributed by atoms with Crippen molar-refractivity contribution in [2.45, 2.75) is 19.9 Å². The van der Waals surface area contributed by atoms with Gasteiger partial charge < -0.3 is 15.8 Å². The molecule has 1 amide bonds. The van der Waals surface area contributed by atoms with Gasteiger partial charge in [0.2, 0.25) is 0 Å². The quantitative estimate of drug-likeness (QED) is 0.787. The van der Waals surface area contributed by atoms with E-state index in [9.17, 15) is 4.79 Å². The Morgan fingerprint density at radius 1 is 1.44 bits per heavy atom. The summed E-state index contributed by atoms with van der Waals surface area (Å²) >= 11 is 0. The number of amides is 1. The fraction of sp³-hybridized carbons (Fsp3) is 0.417. The van der Waals surface area contributed by atoms with Gasteiger partial charge in [0, 0.05) is 12.6 Å². The van der Waals surface area contributed by atoms with E-state index in [2.05, 4.69) is 5.32 Å². The predicted octanol–water partition coefficient (Wildman–Crippen LogP) is 1.22. The number of rotatable bonds is 5. The smallest absolute Gasteiger partial charge is 0.257 e. The van der Waals surface area contributed by atoms with Crippen LogP contribution in [0.5, 0.6) is 5.75 Å². The molecule has 16 heavy (non-hydrogen) atoms. The zero-order chi connectivity index (χ0) is 12.0. The average molecular weight is 222 g/mol. The minimum atomic E-state index is -0.112. The van der Waals surface area contributed by atoms with Crippen LogP contribution in [0.1, 0.15) is 25.5 Å². The highest BCUT2D eigenvalue weighted by molar-refractivity contribution is 5.77. The van der Waals surface area contributed by atoms with Crippen LogP contribution >= 0.6 is 0 Å². The van der Waals surface area contributed by atoms with Crippen molar-refractivity contribution in [2.75, 3.05) is 13.2 Å². The summed E-state index contributed by atoms with van der Waals surface area (Å²) in [6.07, 6.45) is 0. The molecule has 1 atom stereocenters. The third kappa shape index (κ3) is 3.90. The number of hydrogen-bond donors (Lipinski definition) is 2. The third-order valence-electron chi connectivity index (χ3n) is 2.15. The summed E-state index contributed by atoms with van der Waals surface area (Å²) in [6, 6.07) is 7.45. The minimum absolute atomic E-state index is 0.0115. The van der Waals surface area contributed by atoms with Crippen molar-refractivity contribution in [1.29, 1.82) is 0 Å². The molecular weight excluding hydrogens is 204 g/mol. The first kappa shape index (κ1) is 12.5. The summed E-state index contributed by atoms with van der Waals surface area (Å²) < 4.78 is 5.30. The molecule has 0 unspecified atom stereocenters. The molecule has 0 fully saturated rings. The fourth-order valence-electron chi connectivity index (χ4n) is 1.26. The van der Waals surface area contributed by atoms with Crippen molar-refractivity contribution < 1.29 is 9.53 Å². The summed E-state index contributed by atoms with van der Waals surface area (Å²) in [6.45, 7) is 4.46. The van der Waals surface area contributed by atoms with E-state index in [0.29, 0.717) is 12.3 Å². The highest BCUT2D eigenvalue weighted by Gasteiger charge is 2.02. The highest BCUT2D eigenvalue weighted by Crippen LogP contribution is 2.15. The molecule has 0 saturated carbocycles. The summed E-state index contributed by atoms with van der Waals surface area (Å²) in [5, 5.41) is 2.66. The molecule has 1 aromatic carbocycles. The molecule has 0 saturated heterocycles. The third-order valence-corrected chi connectivity index (χ3v) is 2.15. The van der Waals surface area contributed by atoms with E-state index in [1.54, 1.807) is 0 Å². The van der Waals surface area contributed by atoms with Gasteiger partial charge in [0.25, 0.3) is 5.91 Å². The highest BCUT2D eigenvalue weighted by atomic mass is 16.5. The van der Waals surface area contributed by atoms with Gasteiger partial charge in [-0.05, 0) is 31.5 Å². The Morgan fingerprint density at radius 2 is 2.06 bits per heavy atom. The second-order valence-corrected chi connectivity index (χ2v) is 3.60. The molecule has 4 heteroatoms. The Hall–Kier alpha value is -1.55. The molecule has 88 valence electrons. The number of carbonyl (C=O) groups is 1. The van der Waals surface area contributed by atoms with Crippen molar-refractivity contribution >= 4 is 5.91 Å². The average Bonchev–Trinajstić information content (AvgIpc) is 2.27. The van der Waals surface area contributed by atoms with Crippen LogP contribution in [0.2, 0.25) is 0 Å². The molecule has 0 aliphatic heterocycles. The summed E-state index contributed by atoms with van der Waals surface area (Å²) in [5.74, 6) is 0.564. The Balaban J connectivity index is 2.46. The minimum Gasteiger partial charge on any atom is -0.484 e. The summed E-state index contributed by atoms with van der Waals surface area (Å²) in [5.41, 5.74) is 6.77. The molecule has 0 bridgehead atoms. The van der Waals surface area contributed by atoms with E-state index in [1.165, 1.54) is 0 Å². The Morgan fingerprint density at radius 3 is 2.56 bits per heavy atom. The van der Waals surface area contributed by atoms with Crippen LogP contribution in [-0.4, -0.2) is 19.1 Å². The monoisotopic (exact) mass is 222 g/mol. The first-order valence-corrected chi connectivity index (χ1v) is 5.38. The lowest BCUT2D eigenvalue weighted by Crippen LogP contribution is -2.28. The standard InChI is InChI=1S/C12H18N2O2/c1-3-14-12(15)8-16-11-6-4-10(5-7-11)9(2)13/h4-7,9H,3,8,13H2,1-2H3,(H,14,15)/t9-/m1/s1. The van der Waals surface area contributed by atoms with E-state index in [-0.39, 0.29) is 18.6 Å². The normalized spacial score (nSPS) is 11.9. The Kier molecular flexibility index (Phi) is 4.79. The molecular formula is C12H18N2O2. The molecule has 4 nitrogen and oxygen atoms in total. The lowest BCUT2D eigenvalue weighted by atomic mass is 10.1. The molecule has 1 aromatic rings. The van der Waals surface area contributed by atoms with Crippen LogP contribution in [0, 0.1) is 0 Å². The summed E-state index contributed by atoms with van der Waals surface area (Å²) in [7, 11) is 0. The second-order valence-electron chi connectivity index (χ2n) is 3.60. The molecule has 3 N–H and O–H groups in total. The first-order chi connectivity index (χ1) is 7.63. The second kappa shape index (κ2) is 6.12. The molecule has 0 aromatic heterocycles. The van der Waals surface area contributed by atoms with Gasteiger partial charge >= 0.3 is 0 Å². The maximum Gasteiger partial charge on any atom is 0.257 e. The molecule has 1 rings (SSSR count). The number of nitrogens with two attached hydrogens (primary N) is 1. The van der Waals surface area contributed by atoms with Gasteiger partial charge in [-0.3, -0.25) is 4.79 Å². The topological polar surface area (TPSA) is 64.3 Å². The predicted molar refractivity (Wildman–Crippen MR) is 63.2 cm³/mol.